The second kappa shape index (κ2) is 7.11. The molecule has 3 heterocycles. The molecule has 1 aromatic carbocycles. The molecular formula is C21H20N5O2+. The molecule has 4 aromatic rings. The number of primary amides is 1. The van der Waals surface area contributed by atoms with Crippen molar-refractivity contribution >= 4 is 28.4 Å². The fourth-order valence-electron chi connectivity index (χ4n) is 3.19. The highest BCUT2D eigenvalue weighted by atomic mass is 16.1. The topological polar surface area (TPSA) is 104 Å². The van der Waals surface area contributed by atoms with Gasteiger partial charge in [-0.15, -0.1) is 0 Å². The Morgan fingerprint density at radius 3 is 2.75 bits per heavy atom. The third-order valence-electron chi connectivity index (χ3n) is 4.63. The van der Waals surface area contributed by atoms with Crippen LogP contribution in [0.15, 0.2) is 59.5 Å². The average Bonchev–Trinajstić information content (AvgIpc) is 2.69. The van der Waals surface area contributed by atoms with Crippen LogP contribution < -0.4 is 21.6 Å². The van der Waals surface area contributed by atoms with E-state index in [0.29, 0.717) is 29.0 Å². The van der Waals surface area contributed by atoms with Gasteiger partial charge in [-0.2, -0.15) is 4.40 Å². The first-order valence-corrected chi connectivity index (χ1v) is 8.99. The van der Waals surface area contributed by atoms with Crippen LogP contribution in [-0.4, -0.2) is 21.8 Å². The van der Waals surface area contributed by atoms with Gasteiger partial charge in [0.2, 0.25) is 11.5 Å². The smallest absolute Gasteiger partial charge is 0.325 e. The minimum atomic E-state index is -0.634. The summed E-state index contributed by atoms with van der Waals surface area (Å²) in [6, 6.07) is 15.2. The minimum absolute atomic E-state index is 0.193. The molecule has 140 valence electrons. The van der Waals surface area contributed by atoms with Crippen molar-refractivity contribution < 1.29 is 9.78 Å². The van der Waals surface area contributed by atoms with Crippen LogP contribution >= 0.6 is 0 Å². The summed E-state index contributed by atoms with van der Waals surface area (Å²) in [5.74, 6) is -0.270. The number of pyridine rings is 2. The van der Waals surface area contributed by atoms with E-state index in [9.17, 15) is 9.59 Å². The number of aryl methyl sites for hydroxylation is 1. The van der Waals surface area contributed by atoms with Crippen LogP contribution in [0.2, 0.25) is 0 Å². The van der Waals surface area contributed by atoms with E-state index in [4.69, 9.17) is 5.73 Å². The zero-order valence-electron chi connectivity index (χ0n) is 15.4. The second-order valence-electron chi connectivity index (χ2n) is 6.70. The number of nitrogens with two attached hydrogens (primary N) is 1. The number of rotatable bonds is 5. The van der Waals surface area contributed by atoms with Gasteiger partial charge in [0.15, 0.2) is 0 Å². The number of carbonyl (C=O) groups is 1. The van der Waals surface area contributed by atoms with Crippen molar-refractivity contribution in [1.29, 1.82) is 0 Å². The van der Waals surface area contributed by atoms with E-state index < -0.39 is 5.91 Å². The molecule has 1 amide bonds. The summed E-state index contributed by atoms with van der Waals surface area (Å²) in [5, 5.41) is 3.48. The van der Waals surface area contributed by atoms with E-state index in [1.807, 2.05) is 49.4 Å². The van der Waals surface area contributed by atoms with Crippen LogP contribution in [-0.2, 0) is 6.42 Å². The van der Waals surface area contributed by atoms with Crippen molar-refractivity contribution in [3.63, 3.8) is 0 Å². The van der Waals surface area contributed by atoms with Crippen LogP contribution in [0.4, 0.5) is 5.82 Å². The van der Waals surface area contributed by atoms with Crippen LogP contribution in [0.25, 0.3) is 16.7 Å². The summed E-state index contributed by atoms with van der Waals surface area (Å²) in [6.07, 6.45) is 2.51. The first-order valence-electron chi connectivity index (χ1n) is 8.99. The lowest BCUT2D eigenvalue weighted by molar-refractivity contribution is -0.319. The van der Waals surface area contributed by atoms with Gasteiger partial charge in [-0.3, -0.25) is 4.79 Å². The highest BCUT2D eigenvalue weighted by molar-refractivity contribution is 6.00. The molecule has 0 aliphatic carbocycles. The standard InChI is InChI=1S/C21H19N5O2/c1-13-7-8-17-24-20-16(21(28)26(17)12-13)11-15(18(22)27)19(25-20)23-10-9-14-5-3-2-4-6-14/h2-8,11-12H,9-10H2,1H3,(H2,22,27)(H,23,25)/p+1. The number of carbonyl (C=O) groups excluding carboxylic acids is 1. The Hall–Kier alpha value is -3.74. The fraction of sp³-hybridized carbons (Fsp3) is 0.143. The maximum Gasteiger partial charge on any atom is 0.325 e. The SMILES string of the molecule is Cc1ccc2[nH+]c3nc(NCCc4ccccc4)c(C(N)=O)cc3c(=O)n2c1. The van der Waals surface area contributed by atoms with Crippen molar-refractivity contribution in [3.8, 4) is 0 Å². The largest absolute Gasteiger partial charge is 0.365 e. The number of aromatic amines is 1. The summed E-state index contributed by atoms with van der Waals surface area (Å²) in [5.41, 5.74) is 8.62. The zero-order chi connectivity index (χ0) is 19.7. The second-order valence-corrected chi connectivity index (χ2v) is 6.70. The maximum atomic E-state index is 12.9. The molecular weight excluding hydrogens is 354 g/mol. The van der Waals surface area contributed by atoms with Crippen LogP contribution in [0.1, 0.15) is 21.5 Å². The Kier molecular flexibility index (Phi) is 4.49. The number of nitrogens with one attached hydrogen (secondary N) is 2. The Balaban J connectivity index is 1.76. The molecule has 0 spiro atoms. The van der Waals surface area contributed by atoms with Crippen molar-refractivity contribution in [2.75, 3.05) is 11.9 Å². The molecule has 4 N–H and O–H groups in total. The molecule has 0 unspecified atom stereocenters. The lowest BCUT2D eigenvalue weighted by Gasteiger charge is -2.07. The fourth-order valence-corrected chi connectivity index (χ4v) is 3.19. The van der Waals surface area contributed by atoms with Crippen molar-refractivity contribution in [1.82, 2.24) is 9.38 Å². The normalized spacial score (nSPS) is 11.0. The molecule has 7 heteroatoms. The Labute approximate surface area is 160 Å². The molecule has 0 aliphatic rings. The number of amides is 1. The van der Waals surface area contributed by atoms with E-state index in [-0.39, 0.29) is 11.1 Å². The molecule has 0 saturated carbocycles. The lowest BCUT2D eigenvalue weighted by atomic mass is 10.1. The van der Waals surface area contributed by atoms with E-state index in [2.05, 4.69) is 15.3 Å². The van der Waals surface area contributed by atoms with Gasteiger partial charge in [-0.05, 0) is 36.6 Å². The van der Waals surface area contributed by atoms with Crippen LogP contribution in [0.3, 0.4) is 0 Å². The van der Waals surface area contributed by atoms with Gasteiger partial charge in [0.1, 0.15) is 5.39 Å². The van der Waals surface area contributed by atoms with E-state index in [1.165, 1.54) is 16.0 Å². The number of aromatic nitrogens is 3. The average molecular weight is 374 g/mol. The van der Waals surface area contributed by atoms with Gasteiger partial charge in [-0.25, -0.2) is 9.78 Å². The maximum absolute atomic E-state index is 12.9. The van der Waals surface area contributed by atoms with Crippen molar-refractivity contribution in [3.05, 3.63) is 81.8 Å². The molecule has 0 aliphatic heterocycles. The zero-order valence-corrected chi connectivity index (χ0v) is 15.4. The molecule has 0 atom stereocenters. The summed E-state index contributed by atoms with van der Waals surface area (Å²) in [4.78, 5) is 32.4. The number of fused-ring (bicyclic) bond motifs is 2. The van der Waals surface area contributed by atoms with Crippen molar-refractivity contribution in [2.24, 2.45) is 5.73 Å². The van der Waals surface area contributed by atoms with Gasteiger partial charge in [-0.1, -0.05) is 35.3 Å². The summed E-state index contributed by atoms with van der Waals surface area (Å²) >= 11 is 0. The predicted octanol–water partition coefficient (Wildman–Crippen LogP) is 1.72. The monoisotopic (exact) mass is 374 g/mol. The number of hydrogen-bond acceptors (Lipinski definition) is 4. The third kappa shape index (κ3) is 3.29. The minimum Gasteiger partial charge on any atom is -0.365 e. The Morgan fingerprint density at radius 2 is 2.00 bits per heavy atom. The van der Waals surface area contributed by atoms with Gasteiger partial charge >= 0.3 is 5.56 Å². The molecule has 28 heavy (non-hydrogen) atoms. The molecule has 0 bridgehead atoms. The summed E-state index contributed by atoms with van der Waals surface area (Å²) in [6.45, 7) is 2.48. The van der Waals surface area contributed by atoms with Gasteiger partial charge in [0.05, 0.1) is 11.8 Å². The third-order valence-corrected chi connectivity index (χ3v) is 4.63. The highest BCUT2D eigenvalue weighted by Crippen LogP contribution is 2.16. The summed E-state index contributed by atoms with van der Waals surface area (Å²) in [7, 11) is 0. The molecule has 0 fully saturated rings. The lowest BCUT2D eigenvalue weighted by Crippen LogP contribution is -2.26. The molecule has 0 saturated heterocycles. The van der Waals surface area contributed by atoms with Crippen LogP contribution in [0, 0.1) is 6.92 Å². The van der Waals surface area contributed by atoms with E-state index in [1.54, 1.807) is 6.20 Å². The van der Waals surface area contributed by atoms with Gasteiger partial charge in [0.25, 0.3) is 11.6 Å². The van der Waals surface area contributed by atoms with E-state index in [0.717, 1.165) is 12.0 Å². The molecule has 0 radical (unpaired) electrons. The Morgan fingerprint density at radius 1 is 1.21 bits per heavy atom. The summed E-state index contributed by atoms with van der Waals surface area (Å²) < 4.78 is 1.51. The molecule has 4 rings (SSSR count). The predicted molar refractivity (Wildman–Crippen MR) is 107 cm³/mol. The highest BCUT2D eigenvalue weighted by Gasteiger charge is 2.20. The quantitative estimate of drug-likeness (QED) is 0.519. The first-order chi connectivity index (χ1) is 13.5. The van der Waals surface area contributed by atoms with Crippen LogP contribution in [0.5, 0.6) is 0 Å². The number of H-pyrrole nitrogens is 1. The number of nitrogens with zero attached hydrogens (tertiary/aromatic N) is 2. The van der Waals surface area contributed by atoms with Crippen molar-refractivity contribution in [2.45, 2.75) is 13.3 Å². The Bertz CT molecular complexity index is 1250. The van der Waals surface area contributed by atoms with Gasteiger partial charge in [0, 0.05) is 12.6 Å². The number of benzene rings is 1. The first kappa shape index (κ1) is 17.7. The van der Waals surface area contributed by atoms with E-state index >= 15 is 0 Å². The van der Waals surface area contributed by atoms with Gasteiger partial charge < -0.3 is 11.1 Å². The number of hydrogen-bond donors (Lipinski definition) is 2. The molecule has 3 aromatic heterocycles. The molecule has 7 nitrogen and oxygen atoms in total. The number of anilines is 1.